The summed E-state index contributed by atoms with van der Waals surface area (Å²) in [6.45, 7) is 6.53. The molecule has 0 saturated carbocycles. The van der Waals surface area contributed by atoms with Gasteiger partial charge in [-0.1, -0.05) is 36.4 Å². The van der Waals surface area contributed by atoms with E-state index >= 15 is 0 Å². The molecule has 0 aromatic heterocycles. The molecule has 1 unspecified atom stereocenters. The Kier molecular flexibility index (Phi) is 10.1. The van der Waals surface area contributed by atoms with Gasteiger partial charge in [0.1, 0.15) is 24.2 Å². The molecule has 10 heteroatoms. The quantitative estimate of drug-likeness (QED) is 0.358. The molecule has 8 nitrogen and oxygen atoms in total. The Morgan fingerprint density at radius 1 is 0.923 bits per heavy atom. The highest BCUT2D eigenvalue weighted by Crippen LogP contribution is 2.26. The summed E-state index contributed by atoms with van der Waals surface area (Å²) < 4.78 is 48.6. The number of halogens is 1. The first-order valence-electron chi connectivity index (χ1n) is 12.7. The number of ether oxygens (including phenoxy) is 1. The van der Waals surface area contributed by atoms with Crippen LogP contribution in [0.3, 0.4) is 0 Å². The molecule has 0 bridgehead atoms. The van der Waals surface area contributed by atoms with Crippen LogP contribution in [0.4, 0.5) is 10.1 Å². The minimum absolute atomic E-state index is 0.0335. The second kappa shape index (κ2) is 13.2. The number of carbonyl (C=O) groups is 2. The largest absolute Gasteiger partial charge is 0.494 e. The van der Waals surface area contributed by atoms with Crippen LogP contribution in [-0.2, 0) is 26.2 Å². The van der Waals surface area contributed by atoms with Gasteiger partial charge in [0.2, 0.25) is 11.8 Å². The van der Waals surface area contributed by atoms with E-state index in [-0.39, 0.29) is 28.7 Å². The van der Waals surface area contributed by atoms with Crippen molar-refractivity contribution in [2.75, 3.05) is 17.5 Å². The second-order valence-corrected chi connectivity index (χ2v) is 11.1. The second-order valence-electron chi connectivity index (χ2n) is 9.20. The summed E-state index contributed by atoms with van der Waals surface area (Å²) in [7, 11) is -4.20. The molecule has 0 aliphatic rings. The van der Waals surface area contributed by atoms with Gasteiger partial charge >= 0.3 is 0 Å². The molecular formula is C29H34FN3O5S. The predicted molar refractivity (Wildman–Crippen MR) is 148 cm³/mol. The number of rotatable bonds is 12. The fraction of sp³-hybridized carbons (Fsp3) is 0.310. The van der Waals surface area contributed by atoms with E-state index in [2.05, 4.69) is 5.32 Å². The number of sulfonamides is 1. The summed E-state index contributed by atoms with van der Waals surface area (Å²) >= 11 is 0. The molecule has 0 fully saturated rings. The maximum absolute atomic E-state index is 14.6. The van der Waals surface area contributed by atoms with Gasteiger partial charge in [-0.05, 0) is 70.2 Å². The molecule has 1 atom stereocenters. The zero-order valence-electron chi connectivity index (χ0n) is 22.5. The van der Waals surface area contributed by atoms with Crippen LogP contribution < -0.4 is 14.4 Å². The minimum Gasteiger partial charge on any atom is -0.494 e. The summed E-state index contributed by atoms with van der Waals surface area (Å²) in [5.41, 5.74) is 0.473. The lowest BCUT2D eigenvalue weighted by molar-refractivity contribution is -0.139. The van der Waals surface area contributed by atoms with E-state index in [0.29, 0.717) is 12.4 Å². The monoisotopic (exact) mass is 555 g/mol. The lowest BCUT2D eigenvalue weighted by Crippen LogP contribution is -2.52. The average Bonchev–Trinajstić information content (AvgIpc) is 2.91. The van der Waals surface area contributed by atoms with Crippen LogP contribution in [0.25, 0.3) is 0 Å². The fourth-order valence-corrected chi connectivity index (χ4v) is 5.34. The molecule has 0 aliphatic heterocycles. The lowest BCUT2D eigenvalue weighted by atomic mass is 10.1. The molecule has 0 aliphatic carbocycles. The third-order valence-electron chi connectivity index (χ3n) is 5.94. The van der Waals surface area contributed by atoms with E-state index in [1.54, 1.807) is 62.4 Å². The van der Waals surface area contributed by atoms with Crippen molar-refractivity contribution in [2.45, 2.75) is 51.2 Å². The van der Waals surface area contributed by atoms with Gasteiger partial charge in [0.15, 0.2) is 0 Å². The summed E-state index contributed by atoms with van der Waals surface area (Å²) in [6.07, 6.45) is 0. The van der Waals surface area contributed by atoms with Crippen molar-refractivity contribution >= 4 is 27.5 Å². The summed E-state index contributed by atoms with van der Waals surface area (Å²) in [4.78, 5) is 27.8. The topological polar surface area (TPSA) is 96.0 Å². The van der Waals surface area contributed by atoms with Gasteiger partial charge < -0.3 is 15.0 Å². The van der Waals surface area contributed by atoms with Gasteiger partial charge in [0.25, 0.3) is 10.0 Å². The van der Waals surface area contributed by atoms with E-state index in [1.165, 1.54) is 42.2 Å². The van der Waals surface area contributed by atoms with E-state index in [9.17, 15) is 22.4 Å². The first-order valence-corrected chi connectivity index (χ1v) is 14.1. The standard InChI is InChI=1S/C29H34FN3O5S/c1-5-38-25-15-17-26(18-16-25)39(36,37)33(24-12-7-6-8-13-24)20-28(34)32(22(4)29(35)31-21(2)3)19-23-11-9-10-14-27(23)30/h6-18,21-22H,5,19-20H2,1-4H3,(H,31,35). The van der Waals surface area contributed by atoms with E-state index in [4.69, 9.17) is 4.74 Å². The van der Waals surface area contributed by atoms with Crippen molar-refractivity contribution in [2.24, 2.45) is 0 Å². The molecule has 0 saturated heterocycles. The Hall–Kier alpha value is -3.92. The lowest BCUT2D eigenvalue weighted by Gasteiger charge is -2.32. The Morgan fingerprint density at radius 2 is 1.54 bits per heavy atom. The number of nitrogens with one attached hydrogen (secondary N) is 1. The van der Waals surface area contributed by atoms with Crippen LogP contribution in [0, 0.1) is 5.82 Å². The maximum Gasteiger partial charge on any atom is 0.264 e. The molecular weight excluding hydrogens is 521 g/mol. The SMILES string of the molecule is CCOc1ccc(S(=O)(=O)N(CC(=O)N(Cc2ccccc2F)C(C)C(=O)NC(C)C)c2ccccc2)cc1. The van der Waals surface area contributed by atoms with Gasteiger partial charge in [0.05, 0.1) is 17.2 Å². The molecule has 3 rings (SSSR count). The Balaban J connectivity index is 2.00. The van der Waals surface area contributed by atoms with Crippen LogP contribution in [0.2, 0.25) is 0 Å². The number of anilines is 1. The maximum atomic E-state index is 14.6. The van der Waals surface area contributed by atoms with E-state index < -0.39 is 40.2 Å². The fourth-order valence-electron chi connectivity index (χ4n) is 3.92. The molecule has 2 amide bonds. The molecule has 208 valence electrons. The number of hydrogen-bond donors (Lipinski definition) is 1. The molecule has 3 aromatic rings. The normalized spacial score (nSPS) is 12.1. The summed E-state index contributed by atoms with van der Waals surface area (Å²) in [5, 5.41) is 2.76. The first kappa shape index (κ1) is 29.6. The Bertz CT molecular complexity index is 1370. The molecule has 39 heavy (non-hydrogen) atoms. The molecule has 3 aromatic carbocycles. The predicted octanol–water partition coefficient (Wildman–Crippen LogP) is 4.36. The van der Waals surface area contributed by atoms with Crippen LogP contribution in [0.15, 0.2) is 83.8 Å². The van der Waals surface area contributed by atoms with Crippen LogP contribution in [0.1, 0.15) is 33.3 Å². The van der Waals surface area contributed by atoms with E-state index in [0.717, 1.165) is 4.31 Å². The van der Waals surface area contributed by atoms with Crippen molar-refractivity contribution < 1.29 is 27.1 Å². The van der Waals surface area contributed by atoms with Crippen molar-refractivity contribution in [1.82, 2.24) is 10.2 Å². The average molecular weight is 556 g/mol. The Labute approximate surface area is 229 Å². The van der Waals surface area contributed by atoms with Gasteiger partial charge in [-0.3, -0.25) is 13.9 Å². The van der Waals surface area contributed by atoms with Crippen LogP contribution in [0.5, 0.6) is 5.75 Å². The zero-order chi connectivity index (χ0) is 28.6. The van der Waals surface area contributed by atoms with Gasteiger partial charge in [-0.15, -0.1) is 0 Å². The molecule has 0 spiro atoms. The smallest absolute Gasteiger partial charge is 0.264 e. The summed E-state index contributed by atoms with van der Waals surface area (Å²) in [5.74, 6) is -1.12. The zero-order valence-corrected chi connectivity index (χ0v) is 23.3. The van der Waals surface area contributed by atoms with E-state index in [1.807, 2.05) is 6.92 Å². The van der Waals surface area contributed by atoms with Crippen LogP contribution in [-0.4, -0.2) is 50.4 Å². The molecule has 1 N–H and O–H groups in total. The van der Waals surface area contributed by atoms with Gasteiger partial charge in [-0.25, -0.2) is 12.8 Å². The summed E-state index contributed by atoms with van der Waals surface area (Å²) in [6, 6.07) is 18.9. The highest BCUT2D eigenvalue weighted by Gasteiger charge is 2.33. The van der Waals surface area contributed by atoms with Crippen molar-refractivity contribution in [3.63, 3.8) is 0 Å². The van der Waals surface area contributed by atoms with Gasteiger partial charge in [0, 0.05) is 18.2 Å². The third-order valence-corrected chi connectivity index (χ3v) is 7.73. The van der Waals surface area contributed by atoms with Gasteiger partial charge in [-0.2, -0.15) is 0 Å². The number of carbonyl (C=O) groups excluding carboxylic acids is 2. The number of benzene rings is 3. The number of amides is 2. The highest BCUT2D eigenvalue weighted by atomic mass is 32.2. The highest BCUT2D eigenvalue weighted by molar-refractivity contribution is 7.92. The molecule has 0 radical (unpaired) electrons. The Morgan fingerprint density at radius 3 is 2.13 bits per heavy atom. The number of hydrogen-bond acceptors (Lipinski definition) is 5. The van der Waals surface area contributed by atoms with Crippen LogP contribution >= 0.6 is 0 Å². The first-order chi connectivity index (χ1) is 18.5. The number of nitrogens with zero attached hydrogens (tertiary/aromatic N) is 2. The minimum atomic E-state index is -4.20. The molecule has 0 heterocycles. The van der Waals surface area contributed by atoms with Crippen molar-refractivity contribution in [3.05, 3.63) is 90.2 Å². The van der Waals surface area contributed by atoms with Crippen molar-refractivity contribution in [3.8, 4) is 5.75 Å². The number of para-hydroxylation sites is 1. The van der Waals surface area contributed by atoms with Crippen molar-refractivity contribution in [1.29, 1.82) is 0 Å². The third kappa shape index (κ3) is 7.57.